The molecule has 130 valence electrons. The second-order valence-electron chi connectivity index (χ2n) is 6.10. The summed E-state index contributed by atoms with van der Waals surface area (Å²) in [5.41, 5.74) is 0.871. The van der Waals surface area contributed by atoms with Crippen molar-refractivity contribution < 1.29 is 19.5 Å². The van der Waals surface area contributed by atoms with Crippen LogP contribution in [0.15, 0.2) is 24.3 Å². The molecule has 24 heavy (non-hydrogen) atoms. The number of nitrogens with one attached hydrogen (secondary N) is 1. The fourth-order valence-corrected chi connectivity index (χ4v) is 2.61. The van der Waals surface area contributed by atoms with Gasteiger partial charge in [-0.05, 0) is 50.5 Å². The van der Waals surface area contributed by atoms with Gasteiger partial charge in [0.2, 0.25) is 0 Å². The molecule has 2 amide bonds. The zero-order valence-electron chi connectivity index (χ0n) is 14.1. The van der Waals surface area contributed by atoms with E-state index in [0.29, 0.717) is 36.6 Å². The van der Waals surface area contributed by atoms with Gasteiger partial charge in [0.15, 0.2) is 0 Å². The lowest BCUT2D eigenvalue weighted by atomic mass is 10.1. The number of hydrogen-bond donors (Lipinski definition) is 2. The molecule has 0 bridgehead atoms. The topological polar surface area (TPSA) is 86.7 Å². The van der Waals surface area contributed by atoms with Crippen molar-refractivity contribution in [2.75, 3.05) is 13.1 Å². The fraction of sp³-hybridized carbons (Fsp3) is 0.500. The van der Waals surface area contributed by atoms with Crippen molar-refractivity contribution in [3.05, 3.63) is 35.4 Å². The third-order valence-electron chi connectivity index (χ3n) is 4.31. The Balaban J connectivity index is 2.02. The van der Waals surface area contributed by atoms with Crippen LogP contribution in [0.2, 0.25) is 0 Å². The van der Waals surface area contributed by atoms with Gasteiger partial charge in [0, 0.05) is 24.2 Å². The maximum absolute atomic E-state index is 12.2. The van der Waals surface area contributed by atoms with E-state index >= 15 is 0 Å². The van der Waals surface area contributed by atoms with Crippen LogP contribution in [-0.4, -0.2) is 46.9 Å². The summed E-state index contributed by atoms with van der Waals surface area (Å²) in [6, 6.07) is 5.46. The fourth-order valence-electron chi connectivity index (χ4n) is 2.61. The van der Waals surface area contributed by atoms with Crippen LogP contribution in [0.4, 0.5) is 0 Å². The van der Waals surface area contributed by atoms with Crippen molar-refractivity contribution >= 4 is 17.8 Å². The number of carboxylic acid groups (broad SMARTS) is 1. The van der Waals surface area contributed by atoms with Crippen molar-refractivity contribution in [1.29, 1.82) is 0 Å². The van der Waals surface area contributed by atoms with Gasteiger partial charge in [0.05, 0.1) is 0 Å². The molecule has 0 spiro atoms. The number of carbonyl (C=O) groups excluding carboxylic acids is 2. The summed E-state index contributed by atoms with van der Waals surface area (Å²) in [6.07, 6.45) is 2.53. The highest BCUT2D eigenvalue weighted by molar-refractivity contribution is 5.99. The number of carbonyl (C=O) groups is 3. The summed E-state index contributed by atoms with van der Waals surface area (Å²) in [5, 5.41) is 11.8. The number of aliphatic carboxylic acids is 1. The van der Waals surface area contributed by atoms with E-state index in [-0.39, 0.29) is 5.91 Å². The molecule has 1 aromatic rings. The Labute approximate surface area is 141 Å². The summed E-state index contributed by atoms with van der Waals surface area (Å²) >= 11 is 0. The molecule has 6 nitrogen and oxygen atoms in total. The lowest BCUT2D eigenvalue weighted by Gasteiger charge is -2.18. The maximum Gasteiger partial charge on any atom is 0.326 e. The van der Waals surface area contributed by atoms with Crippen LogP contribution in [0.3, 0.4) is 0 Å². The first kappa shape index (κ1) is 18.0. The minimum atomic E-state index is -1.01. The molecular weight excluding hydrogens is 308 g/mol. The van der Waals surface area contributed by atoms with Crippen molar-refractivity contribution in [1.82, 2.24) is 10.2 Å². The summed E-state index contributed by atoms with van der Waals surface area (Å²) < 4.78 is 0. The Hall–Kier alpha value is -2.37. The maximum atomic E-state index is 12.2. The Kier molecular flexibility index (Phi) is 5.95. The van der Waals surface area contributed by atoms with Crippen LogP contribution < -0.4 is 5.32 Å². The Morgan fingerprint density at radius 2 is 1.67 bits per heavy atom. The third kappa shape index (κ3) is 4.57. The van der Waals surface area contributed by atoms with Gasteiger partial charge in [-0.1, -0.05) is 12.8 Å². The molecule has 1 fully saturated rings. The van der Waals surface area contributed by atoms with Crippen molar-refractivity contribution in [2.45, 2.75) is 39.2 Å². The lowest BCUT2D eigenvalue weighted by molar-refractivity contribution is -0.139. The highest BCUT2D eigenvalue weighted by Crippen LogP contribution is 2.33. The van der Waals surface area contributed by atoms with E-state index in [1.807, 2.05) is 13.8 Å². The molecule has 6 heteroatoms. The second-order valence-corrected chi connectivity index (χ2v) is 6.10. The molecule has 1 aromatic carbocycles. The average molecular weight is 332 g/mol. The first-order chi connectivity index (χ1) is 11.5. The van der Waals surface area contributed by atoms with E-state index < -0.39 is 17.9 Å². The molecule has 2 rings (SSSR count). The number of rotatable bonds is 8. The van der Waals surface area contributed by atoms with Crippen LogP contribution in [0.1, 0.15) is 53.8 Å². The van der Waals surface area contributed by atoms with E-state index in [4.69, 9.17) is 0 Å². The van der Waals surface area contributed by atoms with E-state index in [1.54, 1.807) is 29.2 Å². The molecule has 1 aliphatic carbocycles. The van der Waals surface area contributed by atoms with Crippen molar-refractivity contribution in [2.24, 2.45) is 5.92 Å². The summed E-state index contributed by atoms with van der Waals surface area (Å²) in [7, 11) is 0. The van der Waals surface area contributed by atoms with E-state index in [2.05, 4.69) is 5.32 Å². The van der Waals surface area contributed by atoms with Crippen LogP contribution in [0.25, 0.3) is 0 Å². The number of nitrogens with zero attached hydrogens (tertiary/aromatic N) is 1. The van der Waals surface area contributed by atoms with Crippen LogP contribution >= 0.6 is 0 Å². The largest absolute Gasteiger partial charge is 0.480 e. The summed E-state index contributed by atoms with van der Waals surface area (Å²) in [5.74, 6) is -1.11. The molecule has 2 N–H and O–H groups in total. The van der Waals surface area contributed by atoms with Crippen molar-refractivity contribution in [3.8, 4) is 0 Å². The average Bonchev–Trinajstić information content (AvgIpc) is 3.39. The number of amides is 2. The third-order valence-corrected chi connectivity index (χ3v) is 4.31. The van der Waals surface area contributed by atoms with E-state index in [0.717, 1.165) is 12.8 Å². The Morgan fingerprint density at radius 1 is 1.12 bits per heavy atom. The predicted molar refractivity (Wildman–Crippen MR) is 89.9 cm³/mol. The van der Waals surface area contributed by atoms with Gasteiger partial charge in [-0.2, -0.15) is 0 Å². The van der Waals surface area contributed by atoms with Crippen LogP contribution in [-0.2, 0) is 4.79 Å². The van der Waals surface area contributed by atoms with Crippen LogP contribution in [0.5, 0.6) is 0 Å². The molecule has 0 aromatic heterocycles. The molecule has 0 saturated heterocycles. The molecule has 1 saturated carbocycles. The van der Waals surface area contributed by atoms with Gasteiger partial charge >= 0.3 is 5.97 Å². The molecule has 1 unspecified atom stereocenters. The SMILES string of the molecule is CCN(CC)C(=O)c1ccc(C(=O)NC(CC2CC2)C(=O)O)cc1. The highest BCUT2D eigenvalue weighted by Gasteiger charge is 2.30. The monoisotopic (exact) mass is 332 g/mol. The quantitative estimate of drug-likeness (QED) is 0.764. The summed E-state index contributed by atoms with van der Waals surface area (Å²) in [4.78, 5) is 37.4. The van der Waals surface area contributed by atoms with Gasteiger partial charge in [-0.25, -0.2) is 4.79 Å². The van der Waals surface area contributed by atoms with E-state index in [9.17, 15) is 19.5 Å². The second kappa shape index (κ2) is 7.95. The molecule has 0 radical (unpaired) electrons. The molecule has 1 atom stereocenters. The van der Waals surface area contributed by atoms with Gasteiger partial charge < -0.3 is 15.3 Å². The number of benzene rings is 1. The first-order valence-corrected chi connectivity index (χ1v) is 8.39. The normalized spacial score (nSPS) is 14.8. The molecule has 0 aliphatic heterocycles. The smallest absolute Gasteiger partial charge is 0.326 e. The zero-order valence-corrected chi connectivity index (χ0v) is 14.1. The van der Waals surface area contributed by atoms with Gasteiger partial charge in [0.1, 0.15) is 6.04 Å². The molecular formula is C18H24N2O4. The zero-order chi connectivity index (χ0) is 17.7. The predicted octanol–water partition coefficient (Wildman–Crippen LogP) is 2.15. The Bertz CT molecular complexity index is 604. The number of hydrogen-bond acceptors (Lipinski definition) is 3. The minimum absolute atomic E-state index is 0.0795. The van der Waals surface area contributed by atoms with Crippen molar-refractivity contribution in [3.63, 3.8) is 0 Å². The lowest BCUT2D eigenvalue weighted by Crippen LogP contribution is -2.41. The van der Waals surface area contributed by atoms with Gasteiger partial charge in [0.25, 0.3) is 11.8 Å². The molecule has 0 heterocycles. The highest BCUT2D eigenvalue weighted by atomic mass is 16.4. The minimum Gasteiger partial charge on any atom is -0.480 e. The van der Waals surface area contributed by atoms with Gasteiger partial charge in [-0.15, -0.1) is 0 Å². The summed E-state index contributed by atoms with van der Waals surface area (Å²) in [6.45, 7) is 5.07. The molecule has 1 aliphatic rings. The standard InChI is InChI=1S/C18H24N2O4/c1-3-20(4-2)17(22)14-9-7-13(8-10-14)16(21)19-15(18(23)24)11-12-5-6-12/h7-10,12,15H,3-6,11H2,1-2H3,(H,19,21)(H,23,24). The van der Waals surface area contributed by atoms with Crippen LogP contribution in [0, 0.1) is 5.92 Å². The number of carboxylic acids is 1. The van der Waals surface area contributed by atoms with Gasteiger partial charge in [-0.3, -0.25) is 9.59 Å². The first-order valence-electron chi connectivity index (χ1n) is 8.39. The Morgan fingerprint density at radius 3 is 2.12 bits per heavy atom. The van der Waals surface area contributed by atoms with E-state index in [1.165, 1.54) is 0 Å².